The molecule has 0 spiro atoms. The van der Waals surface area contributed by atoms with E-state index in [1.54, 1.807) is 46.7 Å². The van der Waals surface area contributed by atoms with Crippen LogP contribution in [0.3, 0.4) is 0 Å². The number of para-hydroxylation sites is 1. The number of thiophene rings is 1. The molecule has 0 saturated carbocycles. The van der Waals surface area contributed by atoms with E-state index in [1.807, 2.05) is 4.90 Å². The first kappa shape index (κ1) is 23.2. The summed E-state index contributed by atoms with van der Waals surface area (Å²) >= 11 is 7.25. The molecule has 2 saturated heterocycles. The minimum absolute atomic E-state index is 0.150. The van der Waals surface area contributed by atoms with Crippen molar-refractivity contribution in [3.05, 3.63) is 46.8 Å². The predicted molar refractivity (Wildman–Crippen MR) is 124 cm³/mol. The Bertz CT molecular complexity index is 1070. The fourth-order valence-electron chi connectivity index (χ4n) is 4.09. The Kier molecular flexibility index (Phi) is 7.16. The van der Waals surface area contributed by atoms with Crippen LogP contribution >= 0.6 is 22.9 Å². The van der Waals surface area contributed by atoms with Crippen molar-refractivity contribution in [1.82, 2.24) is 14.1 Å². The van der Waals surface area contributed by atoms with E-state index in [0.717, 1.165) is 0 Å². The first-order valence-electron chi connectivity index (χ1n) is 10.5. The Balaban J connectivity index is 1.31. The quantitative estimate of drug-likeness (QED) is 0.663. The Morgan fingerprint density at radius 2 is 1.81 bits per heavy atom. The van der Waals surface area contributed by atoms with E-state index in [4.69, 9.17) is 11.6 Å². The number of piperazine rings is 1. The Morgan fingerprint density at radius 1 is 1.06 bits per heavy atom. The summed E-state index contributed by atoms with van der Waals surface area (Å²) in [6.45, 7) is 2.58. The van der Waals surface area contributed by atoms with Gasteiger partial charge in [0.15, 0.2) is 0 Å². The van der Waals surface area contributed by atoms with Gasteiger partial charge in [0.1, 0.15) is 10.3 Å². The molecule has 0 aliphatic carbocycles. The molecule has 0 radical (unpaired) electrons. The molecule has 1 aromatic heterocycles. The van der Waals surface area contributed by atoms with Gasteiger partial charge < -0.3 is 10.2 Å². The zero-order chi connectivity index (χ0) is 22.7. The van der Waals surface area contributed by atoms with Crippen LogP contribution in [-0.2, 0) is 19.6 Å². The molecular formula is C21H25ClN4O4S2. The highest BCUT2D eigenvalue weighted by Crippen LogP contribution is 2.29. The number of carbonyl (C=O) groups is 2. The number of nitrogens with one attached hydrogen (secondary N) is 1. The van der Waals surface area contributed by atoms with Crippen molar-refractivity contribution in [1.29, 1.82) is 0 Å². The molecule has 2 fully saturated rings. The van der Waals surface area contributed by atoms with E-state index in [-0.39, 0.29) is 22.6 Å². The minimum atomic E-state index is -3.66. The van der Waals surface area contributed by atoms with Gasteiger partial charge in [-0.05, 0) is 36.4 Å². The van der Waals surface area contributed by atoms with Gasteiger partial charge in [-0.25, -0.2) is 8.42 Å². The van der Waals surface area contributed by atoms with E-state index >= 15 is 0 Å². The number of sulfonamides is 1. The fraction of sp³-hybridized carbons (Fsp3) is 0.429. The second-order valence-corrected chi connectivity index (χ2v) is 11.3. The van der Waals surface area contributed by atoms with Crippen LogP contribution < -0.4 is 5.32 Å². The van der Waals surface area contributed by atoms with Crippen molar-refractivity contribution >= 4 is 50.5 Å². The summed E-state index contributed by atoms with van der Waals surface area (Å²) in [7, 11) is -3.66. The van der Waals surface area contributed by atoms with Crippen molar-refractivity contribution in [2.45, 2.75) is 23.1 Å². The van der Waals surface area contributed by atoms with Crippen molar-refractivity contribution < 1.29 is 18.0 Å². The maximum absolute atomic E-state index is 13.1. The van der Waals surface area contributed by atoms with Gasteiger partial charge in [-0.2, -0.15) is 4.31 Å². The number of nitrogens with zero attached hydrogens (tertiary/aromatic N) is 3. The lowest BCUT2D eigenvalue weighted by Crippen LogP contribution is -2.55. The topological polar surface area (TPSA) is 90.0 Å². The summed E-state index contributed by atoms with van der Waals surface area (Å²) in [4.78, 5) is 29.2. The van der Waals surface area contributed by atoms with Crippen molar-refractivity contribution in [3.63, 3.8) is 0 Å². The van der Waals surface area contributed by atoms with Crippen LogP contribution in [0.4, 0.5) is 5.69 Å². The number of hydrogen-bond acceptors (Lipinski definition) is 6. The lowest BCUT2D eigenvalue weighted by molar-refractivity contribution is -0.136. The third-order valence-corrected chi connectivity index (χ3v) is 9.36. The molecular weight excluding hydrogens is 472 g/mol. The predicted octanol–water partition coefficient (Wildman–Crippen LogP) is 2.34. The highest BCUT2D eigenvalue weighted by molar-refractivity contribution is 7.91. The maximum atomic E-state index is 13.1. The van der Waals surface area contributed by atoms with Crippen molar-refractivity contribution in [2.75, 3.05) is 44.6 Å². The molecule has 2 aromatic rings. The molecule has 1 unspecified atom stereocenters. The zero-order valence-corrected chi connectivity index (χ0v) is 19.8. The van der Waals surface area contributed by atoms with Gasteiger partial charge in [0.05, 0.1) is 17.3 Å². The van der Waals surface area contributed by atoms with E-state index < -0.39 is 16.1 Å². The summed E-state index contributed by atoms with van der Waals surface area (Å²) in [6, 6.07) is 9.68. The molecule has 1 aromatic carbocycles. The number of benzene rings is 1. The molecule has 8 nitrogen and oxygen atoms in total. The molecule has 3 heterocycles. The van der Waals surface area contributed by atoms with Crippen LogP contribution in [0.1, 0.15) is 12.8 Å². The molecule has 2 amide bonds. The van der Waals surface area contributed by atoms with Crippen molar-refractivity contribution in [3.8, 4) is 0 Å². The SMILES string of the molecule is O=C(CN1CCN(C(=O)C2CCCN2S(=O)(=O)c2cccs2)CC1)Nc1ccccc1Cl. The third kappa shape index (κ3) is 4.99. The van der Waals surface area contributed by atoms with E-state index in [9.17, 15) is 18.0 Å². The van der Waals surface area contributed by atoms with Crippen LogP contribution in [0.15, 0.2) is 46.0 Å². The number of carbonyl (C=O) groups excluding carboxylic acids is 2. The number of hydrogen-bond donors (Lipinski definition) is 1. The number of rotatable bonds is 6. The van der Waals surface area contributed by atoms with Crippen LogP contribution in [-0.4, -0.2) is 79.6 Å². The zero-order valence-electron chi connectivity index (χ0n) is 17.4. The number of anilines is 1. The lowest BCUT2D eigenvalue weighted by atomic mass is 10.2. The maximum Gasteiger partial charge on any atom is 0.253 e. The monoisotopic (exact) mass is 496 g/mol. The molecule has 11 heteroatoms. The van der Waals surface area contributed by atoms with Gasteiger partial charge in [-0.3, -0.25) is 14.5 Å². The smallest absolute Gasteiger partial charge is 0.253 e. The normalized spacial score (nSPS) is 20.4. The highest BCUT2D eigenvalue weighted by atomic mass is 35.5. The highest BCUT2D eigenvalue weighted by Gasteiger charge is 2.42. The average Bonchev–Trinajstić information content (AvgIpc) is 3.48. The van der Waals surface area contributed by atoms with Gasteiger partial charge in [0.25, 0.3) is 10.0 Å². The van der Waals surface area contributed by atoms with Crippen LogP contribution in [0.2, 0.25) is 5.02 Å². The first-order chi connectivity index (χ1) is 15.4. The Labute approximate surface area is 196 Å². The standard InChI is InChI=1S/C21H25ClN4O4S2/c22-16-5-1-2-6-17(16)23-19(27)15-24-10-12-25(13-11-24)21(28)18-7-3-9-26(18)32(29,30)20-8-4-14-31-20/h1-2,4-6,8,14,18H,3,7,9-13,15H2,(H,23,27). The summed E-state index contributed by atoms with van der Waals surface area (Å²) < 4.78 is 27.5. The van der Waals surface area contributed by atoms with Crippen LogP contribution in [0, 0.1) is 0 Å². The van der Waals surface area contributed by atoms with Crippen LogP contribution in [0.5, 0.6) is 0 Å². The lowest BCUT2D eigenvalue weighted by Gasteiger charge is -2.36. The van der Waals surface area contributed by atoms with Gasteiger partial charge in [-0.1, -0.05) is 29.8 Å². The second kappa shape index (κ2) is 9.88. The van der Waals surface area contributed by atoms with E-state index in [0.29, 0.717) is 56.3 Å². The fourth-order valence-corrected chi connectivity index (χ4v) is 7.05. The third-order valence-electron chi connectivity index (χ3n) is 5.75. The summed E-state index contributed by atoms with van der Waals surface area (Å²) in [5.41, 5.74) is 0.571. The molecule has 1 atom stereocenters. The average molecular weight is 497 g/mol. The molecule has 1 N–H and O–H groups in total. The minimum Gasteiger partial charge on any atom is -0.339 e. The Morgan fingerprint density at radius 3 is 2.50 bits per heavy atom. The largest absolute Gasteiger partial charge is 0.339 e. The van der Waals surface area contributed by atoms with Gasteiger partial charge >= 0.3 is 0 Å². The number of halogens is 1. The first-order valence-corrected chi connectivity index (χ1v) is 13.2. The molecule has 0 bridgehead atoms. The molecule has 2 aliphatic heterocycles. The Hall–Kier alpha value is -1.98. The van der Waals surface area contributed by atoms with Gasteiger partial charge in [0, 0.05) is 32.7 Å². The summed E-state index contributed by atoms with van der Waals surface area (Å²) in [5.74, 6) is -0.315. The molecule has 32 heavy (non-hydrogen) atoms. The number of amides is 2. The molecule has 172 valence electrons. The van der Waals surface area contributed by atoms with Crippen LogP contribution in [0.25, 0.3) is 0 Å². The second-order valence-electron chi connectivity index (χ2n) is 7.84. The van der Waals surface area contributed by atoms with Gasteiger partial charge in [-0.15, -0.1) is 11.3 Å². The van der Waals surface area contributed by atoms with E-state index in [1.165, 1.54) is 15.6 Å². The molecule has 2 aliphatic rings. The van der Waals surface area contributed by atoms with E-state index in [2.05, 4.69) is 5.32 Å². The van der Waals surface area contributed by atoms with Crippen molar-refractivity contribution in [2.24, 2.45) is 0 Å². The van der Waals surface area contributed by atoms with Gasteiger partial charge in [0.2, 0.25) is 11.8 Å². The molecule has 4 rings (SSSR count). The summed E-state index contributed by atoms with van der Waals surface area (Å²) in [6.07, 6.45) is 1.20. The summed E-state index contributed by atoms with van der Waals surface area (Å²) in [5, 5.41) is 5.01.